The molecule has 24 heteroatoms. The number of hydrogen-bond donors (Lipinski definition) is 16. The average molecular weight is 873 g/mol. The third-order valence-electron chi connectivity index (χ3n) is 12.0. The van der Waals surface area contributed by atoms with E-state index >= 15 is 0 Å². The van der Waals surface area contributed by atoms with Crippen molar-refractivity contribution in [1.29, 1.82) is 0 Å². The zero-order chi connectivity index (χ0) is 44.6. The first-order valence-corrected chi connectivity index (χ1v) is 20.9. The van der Waals surface area contributed by atoms with Crippen molar-refractivity contribution < 1.29 is 69.3 Å². The molecule has 0 aromatic rings. The highest BCUT2D eigenvalue weighted by atomic mass is 16.7. The van der Waals surface area contributed by atoms with Gasteiger partial charge in [-0.15, -0.1) is 0 Å². The van der Waals surface area contributed by atoms with Gasteiger partial charge in [0.2, 0.25) is 0 Å². The Morgan fingerprint density at radius 2 is 0.883 bits per heavy atom. The molecule has 2 saturated heterocycles. The topological polar surface area (TPSA) is 432 Å². The summed E-state index contributed by atoms with van der Waals surface area (Å²) in [6.45, 7) is 1.21. The number of nitrogens with two attached hydrogens (primary N) is 8. The van der Waals surface area contributed by atoms with E-state index in [9.17, 15) is 40.9 Å². The summed E-state index contributed by atoms with van der Waals surface area (Å²) in [6.07, 6.45) is -16.1. The molecule has 22 atom stereocenters. The molecule has 4 rings (SSSR count). The second kappa shape index (κ2) is 23.8. The van der Waals surface area contributed by atoms with Gasteiger partial charge in [-0.3, -0.25) is 0 Å². The molecule has 24 N–H and O–H groups in total. The van der Waals surface area contributed by atoms with Gasteiger partial charge in [0.1, 0.15) is 61.0 Å². The molecular formula is C36H76N10O14. The predicted octanol–water partition coefficient (Wildman–Crippen LogP) is -9.80. The molecule has 0 aromatic heterocycles. The number of aliphatic hydroxyl groups excluding tert-OH is 8. The molecule has 4 aliphatic rings. The lowest BCUT2D eigenvalue weighted by Crippen LogP contribution is -2.68. The zero-order valence-electron chi connectivity index (χ0n) is 34.7. The van der Waals surface area contributed by atoms with Crippen molar-refractivity contribution in [3.63, 3.8) is 0 Å². The lowest BCUT2D eigenvalue weighted by Gasteiger charge is -2.47. The van der Waals surface area contributed by atoms with Crippen LogP contribution in [0.25, 0.3) is 0 Å². The quantitative estimate of drug-likeness (QED) is 0.0476. The maximum absolute atomic E-state index is 10.9. The zero-order valence-corrected chi connectivity index (χ0v) is 34.7. The van der Waals surface area contributed by atoms with Gasteiger partial charge in [0.25, 0.3) is 0 Å². The van der Waals surface area contributed by atoms with Crippen molar-refractivity contribution in [2.24, 2.45) is 45.9 Å². The Bertz CT molecular complexity index is 1160. The number of unbranched alkanes of at least 4 members (excludes halogenated alkanes) is 1. The van der Waals surface area contributed by atoms with Crippen LogP contribution in [0.4, 0.5) is 0 Å². The molecule has 0 spiro atoms. The van der Waals surface area contributed by atoms with Gasteiger partial charge in [0.05, 0.1) is 49.7 Å². The second-order valence-corrected chi connectivity index (χ2v) is 17.1. The highest BCUT2D eigenvalue weighted by molar-refractivity contribution is 5.02. The van der Waals surface area contributed by atoms with Crippen LogP contribution in [0.2, 0.25) is 0 Å². The van der Waals surface area contributed by atoms with Gasteiger partial charge in [-0.25, -0.2) is 0 Å². The summed E-state index contributed by atoms with van der Waals surface area (Å²) in [7, 11) is 3.70. The minimum Gasteiger partial charge on any atom is -0.389 e. The van der Waals surface area contributed by atoms with Crippen LogP contribution in [0.3, 0.4) is 0 Å². The first kappa shape index (κ1) is 51.7. The SMILES string of the molecule is CN(CCCCN(C)C[C@@H](O)CO[C@@H]1[C@@H](O)[C@H](N)C[C@H](N)[C@H]1O[C@H]1O[C@H](CN)[C@@H](O)[C@H](O)[C@H]1N)C[C@@H](O)CO[C@@H]1[C@@H](O)[C@H](N)C[C@H](N)[C@H]1O[C@H]1O[C@H](CN)[C@@H](O)[C@H](O)[C@H]1N. The molecule has 0 unspecified atom stereocenters. The predicted molar refractivity (Wildman–Crippen MR) is 214 cm³/mol. The minimum absolute atomic E-state index is 0.103. The van der Waals surface area contributed by atoms with Crippen molar-refractivity contribution in [2.45, 2.75) is 160 Å². The van der Waals surface area contributed by atoms with Gasteiger partial charge in [0, 0.05) is 50.3 Å². The van der Waals surface area contributed by atoms with E-state index in [0.717, 1.165) is 12.8 Å². The molecule has 354 valence electrons. The van der Waals surface area contributed by atoms with Gasteiger partial charge in [-0.1, -0.05) is 0 Å². The minimum atomic E-state index is -1.38. The monoisotopic (exact) mass is 873 g/mol. The molecule has 0 amide bonds. The third kappa shape index (κ3) is 13.3. The van der Waals surface area contributed by atoms with E-state index in [-0.39, 0.29) is 52.2 Å². The van der Waals surface area contributed by atoms with Crippen molar-refractivity contribution in [2.75, 3.05) is 66.6 Å². The van der Waals surface area contributed by atoms with Crippen molar-refractivity contribution in [1.82, 2.24) is 9.80 Å². The summed E-state index contributed by atoms with van der Waals surface area (Å²) < 4.78 is 35.5. The van der Waals surface area contributed by atoms with Crippen molar-refractivity contribution in [3.05, 3.63) is 0 Å². The maximum atomic E-state index is 10.9. The number of aliphatic hydroxyl groups is 8. The summed E-state index contributed by atoms with van der Waals surface area (Å²) in [5.41, 5.74) is 48.5. The van der Waals surface area contributed by atoms with Crippen LogP contribution in [0.1, 0.15) is 25.7 Å². The van der Waals surface area contributed by atoms with Crippen LogP contribution >= 0.6 is 0 Å². The molecule has 2 heterocycles. The Labute approximate surface area is 351 Å². The Hall–Kier alpha value is -0.960. The van der Waals surface area contributed by atoms with Crippen LogP contribution in [0, 0.1) is 0 Å². The third-order valence-corrected chi connectivity index (χ3v) is 12.0. The molecule has 2 aliphatic heterocycles. The number of ether oxygens (including phenoxy) is 6. The fourth-order valence-corrected chi connectivity index (χ4v) is 8.35. The Morgan fingerprint density at radius 1 is 0.533 bits per heavy atom. The van der Waals surface area contributed by atoms with Gasteiger partial charge < -0.3 is 125 Å². The molecule has 60 heavy (non-hydrogen) atoms. The van der Waals surface area contributed by atoms with E-state index in [4.69, 9.17) is 74.3 Å². The fraction of sp³-hybridized carbons (Fsp3) is 1.00. The molecule has 0 aromatic carbocycles. The first-order valence-electron chi connectivity index (χ1n) is 20.9. The Balaban J connectivity index is 1.18. The van der Waals surface area contributed by atoms with Crippen LogP contribution in [0.15, 0.2) is 0 Å². The molecular weight excluding hydrogens is 796 g/mol. The van der Waals surface area contributed by atoms with Crippen LogP contribution in [0.5, 0.6) is 0 Å². The van der Waals surface area contributed by atoms with E-state index in [0.29, 0.717) is 13.1 Å². The van der Waals surface area contributed by atoms with Crippen LogP contribution < -0.4 is 45.9 Å². The van der Waals surface area contributed by atoms with Crippen molar-refractivity contribution >= 4 is 0 Å². The van der Waals surface area contributed by atoms with Crippen LogP contribution in [-0.4, -0.2) is 252 Å². The molecule has 24 nitrogen and oxygen atoms in total. The number of hydrogen-bond acceptors (Lipinski definition) is 24. The van der Waals surface area contributed by atoms with Gasteiger partial charge in [0.15, 0.2) is 12.6 Å². The first-order chi connectivity index (χ1) is 28.3. The molecule has 0 bridgehead atoms. The van der Waals surface area contributed by atoms with Gasteiger partial charge >= 0.3 is 0 Å². The normalized spacial score (nSPS) is 44.0. The van der Waals surface area contributed by atoms with Gasteiger partial charge in [-0.05, 0) is 52.9 Å². The molecule has 2 aliphatic carbocycles. The summed E-state index contributed by atoms with van der Waals surface area (Å²) >= 11 is 0. The lowest BCUT2D eigenvalue weighted by molar-refractivity contribution is -0.292. The van der Waals surface area contributed by atoms with E-state index in [1.165, 1.54) is 0 Å². The summed E-state index contributed by atoms with van der Waals surface area (Å²) in [4.78, 5) is 3.86. The van der Waals surface area contributed by atoms with E-state index in [1.54, 1.807) is 0 Å². The number of likely N-dealkylation sites (N-methyl/N-ethyl adjacent to an activating group) is 2. The van der Waals surface area contributed by atoms with E-state index < -0.39 is 134 Å². The van der Waals surface area contributed by atoms with Crippen LogP contribution in [-0.2, 0) is 28.4 Å². The Morgan fingerprint density at radius 3 is 1.22 bits per heavy atom. The van der Waals surface area contributed by atoms with Gasteiger partial charge in [-0.2, -0.15) is 0 Å². The number of rotatable bonds is 21. The summed E-state index contributed by atoms with van der Waals surface area (Å²) in [6, 6.07) is -5.13. The fourth-order valence-electron chi connectivity index (χ4n) is 8.35. The molecule has 4 fully saturated rings. The Kier molecular flexibility index (Phi) is 20.5. The smallest absolute Gasteiger partial charge is 0.176 e. The summed E-state index contributed by atoms with van der Waals surface area (Å²) in [5, 5.41) is 84.8. The highest BCUT2D eigenvalue weighted by Gasteiger charge is 2.50. The lowest BCUT2D eigenvalue weighted by atomic mass is 9.84. The number of nitrogens with zero attached hydrogens (tertiary/aromatic N) is 2. The largest absolute Gasteiger partial charge is 0.389 e. The maximum Gasteiger partial charge on any atom is 0.176 e. The average Bonchev–Trinajstić information content (AvgIpc) is 3.20. The second-order valence-electron chi connectivity index (χ2n) is 17.1. The van der Waals surface area contributed by atoms with E-state index in [1.807, 2.05) is 23.9 Å². The molecule has 0 radical (unpaired) electrons. The highest BCUT2D eigenvalue weighted by Crippen LogP contribution is 2.30. The standard InChI is InChI=1S/C36H76N10O14/c1-45(11-15(47)13-55-33-25(49)17(39)7-19(41)31(33)59-35-23(43)29(53)27(51)21(9-37)57-35)5-3-4-6-46(2)12-16(48)14-56-34-26(50)18(40)8-20(42)32(34)60-36-24(44)30(54)28(52)22(10-38)58-36/h15-36,47-54H,3-14,37-44H2,1-2H3/t15-,16-,17-,18-,19+,20+,21-,22-,23-,24-,25+,26+,27-,28-,29-,30-,31-,32-,33-,34-,35-,36-/m1/s1. The van der Waals surface area contributed by atoms with E-state index in [2.05, 4.69) is 0 Å². The van der Waals surface area contributed by atoms with Crippen molar-refractivity contribution in [3.8, 4) is 0 Å². The molecule has 2 saturated carbocycles. The summed E-state index contributed by atoms with van der Waals surface area (Å²) in [5.74, 6) is 0.